The molecule has 0 atom stereocenters. The third kappa shape index (κ3) is 4.22. The van der Waals surface area contributed by atoms with E-state index >= 15 is 0 Å². The number of hydrogen-bond acceptors (Lipinski definition) is 2. The molecule has 2 aromatic heterocycles. The van der Waals surface area contributed by atoms with E-state index in [0.717, 1.165) is 39.2 Å². The van der Waals surface area contributed by atoms with Gasteiger partial charge in [0.1, 0.15) is 11.2 Å². The number of nitrogens with zero attached hydrogens (tertiary/aromatic N) is 1. The number of furan rings is 1. The van der Waals surface area contributed by atoms with Gasteiger partial charge in [0.15, 0.2) is 0 Å². The molecule has 1 aliphatic carbocycles. The van der Waals surface area contributed by atoms with Crippen LogP contribution in [-0.4, -0.2) is 4.98 Å². The van der Waals surface area contributed by atoms with Crippen molar-refractivity contribution in [2.45, 2.75) is 19.3 Å². The molecule has 2 nitrogen and oxygen atoms in total. The van der Waals surface area contributed by atoms with Crippen LogP contribution in [0.3, 0.4) is 0 Å². The molecule has 0 fully saturated rings. The third-order valence-electron chi connectivity index (χ3n) is 9.69. The Hall–Kier alpha value is -5.73. The number of para-hydroxylation sites is 1. The normalized spacial score (nSPS) is 13.2. The van der Waals surface area contributed by atoms with Crippen molar-refractivity contribution in [2.24, 2.45) is 0 Å². The predicted molar refractivity (Wildman–Crippen MR) is 191 cm³/mol. The van der Waals surface area contributed by atoms with E-state index in [4.69, 9.17) is 9.40 Å². The smallest absolute Gasteiger partial charge is 0.136 e. The Kier molecular flexibility index (Phi) is 5.88. The van der Waals surface area contributed by atoms with Gasteiger partial charge < -0.3 is 4.42 Å². The summed E-state index contributed by atoms with van der Waals surface area (Å²) in [4.78, 5) is 5.12. The van der Waals surface area contributed by atoms with Crippen LogP contribution >= 0.6 is 0 Å². The number of aromatic nitrogens is 1. The second-order valence-electron chi connectivity index (χ2n) is 12.8. The number of pyridine rings is 1. The molecule has 2 heteroatoms. The lowest BCUT2D eigenvalue weighted by Gasteiger charge is -2.21. The molecule has 0 saturated heterocycles. The van der Waals surface area contributed by atoms with Crippen molar-refractivity contribution < 1.29 is 4.42 Å². The fourth-order valence-corrected chi connectivity index (χ4v) is 7.21. The Morgan fingerprint density at radius 2 is 0.978 bits per heavy atom. The monoisotopic (exact) mass is 589 g/mol. The van der Waals surface area contributed by atoms with Crippen molar-refractivity contribution in [3.8, 4) is 55.9 Å². The number of hydrogen-bond donors (Lipinski definition) is 0. The first-order valence-electron chi connectivity index (χ1n) is 15.9. The van der Waals surface area contributed by atoms with Crippen LogP contribution in [0, 0.1) is 0 Å². The van der Waals surface area contributed by atoms with Gasteiger partial charge in [0.25, 0.3) is 0 Å². The highest BCUT2D eigenvalue weighted by Crippen LogP contribution is 2.51. The first-order chi connectivity index (χ1) is 22.5. The van der Waals surface area contributed by atoms with Crippen LogP contribution in [0.1, 0.15) is 25.0 Å². The van der Waals surface area contributed by atoms with Gasteiger partial charge in [-0.15, -0.1) is 0 Å². The van der Waals surface area contributed by atoms with Gasteiger partial charge in [-0.3, -0.25) is 0 Å². The van der Waals surface area contributed by atoms with E-state index in [1.165, 1.54) is 49.7 Å². The highest BCUT2D eigenvalue weighted by Gasteiger charge is 2.36. The summed E-state index contributed by atoms with van der Waals surface area (Å²) in [6.07, 6.45) is 0. The Bertz CT molecular complexity index is 2360. The Balaban J connectivity index is 1.11. The summed E-state index contributed by atoms with van der Waals surface area (Å²) >= 11 is 0. The Labute approximate surface area is 268 Å². The second kappa shape index (κ2) is 10.2. The first-order valence-corrected chi connectivity index (χ1v) is 15.9. The van der Waals surface area contributed by atoms with Gasteiger partial charge in [0.2, 0.25) is 0 Å². The summed E-state index contributed by atoms with van der Waals surface area (Å²) in [7, 11) is 0. The molecule has 0 N–H and O–H groups in total. The molecular weight excluding hydrogens is 558 g/mol. The zero-order valence-electron chi connectivity index (χ0n) is 25.8. The van der Waals surface area contributed by atoms with Gasteiger partial charge in [-0.1, -0.05) is 129 Å². The maximum absolute atomic E-state index is 6.30. The van der Waals surface area contributed by atoms with Gasteiger partial charge in [-0.05, 0) is 80.9 Å². The molecule has 8 aromatic rings. The summed E-state index contributed by atoms with van der Waals surface area (Å²) in [6, 6.07) is 54.0. The zero-order valence-corrected chi connectivity index (χ0v) is 25.8. The van der Waals surface area contributed by atoms with Crippen molar-refractivity contribution >= 4 is 21.9 Å². The molecule has 0 saturated carbocycles. The molecule has 46 heavy (non-hydrogen) atoms. The molecule has 0 aliphatic heterocycles. The summed E-state index contributed by atoms with van der Waals surface area (Å²) in [5.41, 5.74) is 15.9. The number of fused-ring (bicyclic) bond motifs is 6. The maximum Gasteiger partial charge on any atom is 0.136 e. The Morgan fingerprint density at radius 1 is 0.413 bits per heavy atom. The van der Waals surface area contributed by atoms with Gasteiger partial charge in [0.05, 0.1) is 11.4 Å². The SMILES string of the molecule is CC1(C)c2ccc(-c3ccc(-c4cc(-c5ccccc5)cc(-c5ccccc5)n4)cc3)cc2-c2cc3oc4ccccc4c3cc21. The average Bonchev–Trinajstić information content (AvgIpc) is 3.59. The lowest BCUT2D eigenvalue weighted by molar-refractivity contribution is 0.658. The van der Waals surface area contributed by atoms with Crippen LogP contribution in [0.5, 0.6) is 0 Å². The van der Waals surface area contributed by atoms with Crippen molar-refractivity contribution in [2.75, 3.05) is 0 Å². The van der Waals surface area contributed by atoms with Crippen LogP contribution in [0.2, 0.25) is 0 Å². The molecule has 9 rings (SSSR count). The second-order valence-corrected chi connectivity index (χ2v) is 12.8. The number of rotatable bonds is 4. The van der Waals surface area contributed by atoms with Crippen molar-refractivity contribution in [1.82, 2.24) is 4.98 Å². The zero-order chi connectivity index (χ0) is 30.8. The van der Waals surface area contributed by atoms with E-state index in [1.54, 1.807) is 0 Å². The summed E-state index contributed by atoms with van der Waals surface area (Å²) < 4.78 is 6.30. The lowest BCUT2D eigenvalue weighted by Crippen LogP contribution is -2.14. The molecule has 0 spiro atoms. The number of benzene rings is 6. The first kappa shape index (κ1) is 26.7. The van der Waals surface area contributed by atoms with E-state index in [9.17, 15) is 0 Å². The molecule has 0 bridgehead atoms. The molecule has 218 valence electrons. The third-order valence-corrected chi connectivity index (χ3v) is 9.69. The fraction of sp³-hybridized carbons (Fsp3) is 0.0682. The molecular formula is C44H31NO. The van der Waals surface area contributed by atoms with E-state index in [1.807, 2.05) is 12.1 Å². The van der Waals surface area contributed by atoms with Crippen LogP contribution < -0.4 is 0 Å². The largest absolute Gasteiger partial charge is 0.456 e. The van der Waals surface area contributed by atoms with Crippen LogP contribution in [0.15, 0.2) is 156 Å². The summed E-state index contributed by atoms with van der Waals surface area (Å²) in [6.45, 7) is 4.67. The van der Waals surface area contributed by atoms with Gasteiger partial charge in [-0.25, -0.2) is 4.98 Å². The Morgan fingerprint density at radius 3 is 1.72 bits per heavy atom. The quantitative estimate of drug-likeness (QED) is 0.204. The molecule has 2 heterocycles. The minimum absolute atomic E-state index is 0.0917. The van der Waals surface area contributed by atoms with E-state index in [2.05, 4.69) is 153 Å². The summed E-state index contributed by atoms with van der Waals surface area (Å²) in [5, 5.41) is 2.36. The van der Waals surface area contributed by atoms with Crippen LogP contribution in [0.25, 0.3) is 77.8 Å². The van der Waals surface area contributed by atoms with E-state index in [-0.39, 0.29) is 5.41 Å². The van der Waals surface area contributed by atoms with Crippen molar-refractivity contribution in [1.29, 1.82) is 0 Å². The van der Waals surface area contributed by atoms with Crippen molar-refractivity contribution in [3.63, 3.8) is 0 Å². The van der Waals surface area contributed by atoms with Crippen molar-refractivity contribution in [3.05, 3.63) is 163 Å². The van der Waals surface area contributed by atoms with E-state index in [0.29, 0.717) is 0 Å². The van der Waals surface area contributed by atoms with Gasteiger partial charge >= 0.3 is 0 Å². The minimum atomic E-state index is -0.0917. The fourth-order valence-electron chi connectivity index (χ4n) is 7.21. The maximum atomic E-state index is 6.30. The minimum Gasteiger partial charge on any atom is -0.456 e. The predicted octanol–water partition coefficient (Wildman–Crippen LogP) is 12.0. The molecule has 1 aliphatic rings. The average molecular weight is 590 g/mol. The van der Waals surface area contributed by atoms with Crippen LogP contribution in [0.4, 0.5) is 0 Å². The van der Waals surface area contributed by atoms with Crippen LogP contribution in [-0.2, 0) is 5.41 Å². The highest BCUT2D eigenvalue weighted by atomic mass is 16.3. The van der Waals surface area contributed by atoms with E-state index < -0.39 is 0 Å². The molecule has 0 radical (unpaired) electrons. The topological polar surface area (TPSA) is 26.0 Å². The van der Waals surface area contributed by atoms with Gasteiger partial charge in [0, 0.05) is 27.3 Å². The highest BCUT2D eigenvalue weighted by molar-refractivity contribution is 6.07. The lowest BCUT2D eigenvalue weighted by atomic mass is 9.81. The van der Waals surface area contributed by atoms with Gasteiger partial charge in [-0.2, -0.15) is 0 Å². The molecule has 0 amide bonds. The standard InChI is InChI=1S/C44H31NO/c1-44(2)38-22-21-32(23-35(38)36-27-43-37(26-39(36)44)34-15-9-10-16-42(34)46-43)29-17-19-31(20-18-29)41-25-33(28-11-5-3-6-12-28)24-40(45-41)30-13-7-4-8-14-30/h3-27H,1-2H3. The summed E-state index contributed by atoms with van der Waals surface area (Å²) in [5.74, 6) is 0. The molecule has 0 unspecified atom stereocenters. The molecule has 6 aromatic carbocycles.